The molecule has 2 saturated heterocycles. The molecule has 81 heavy (non-hydrogen) atoms. The van der Waals surface area contributed by atoms with Crippen molar-refractivity contribution >= 4 is 65.3 Å². The van der Waals surface area contributed by atoms with Crippen LogP contribution in [0.2, 0.25) is 20.0 Å². The maximum atomic E-state index is 14.6. The third-order valence-electron chi connectivity index (χ3n) is 13.5. The molecule has 0 spiro atoms. The van der Waals surface area contributed by atoms with Crippen molar-refractivity contribution in [2.45, 2.75) is 140 Å². The van der Waals surface area contributed by atoms with Crippen molar-refractivity contribution in [1.29, 1.82) is 0 Å². The summed E-state index contributed by atoms with van der Waals surface area (Å²) in [6, 6.07) is 7.17. The number of aromatic nitrogens is 6. The van der Waals surface area contributed by atoms with Crippen molar-refractivity contribution in [2.75, 3.05) is 0 Å². The van der Waals surface area contributed by atoms with E-state index < -0.39 is 116 Å². The molecule has 0 unspecified atom stereocenters. The first-order chi connectivity index (χ1) is 37.6. The molecule has 0 radical (unpaired) electrons. The van der Waals surface area contributed by atoms with E-state index in [1.54, 1.807) is 25.3 Å². The third kappa shape index (κ3) is 16.0. The van der Waals surface area contributed by atoms with Crippen molar-refractivity contribution < 1.29 is 70.3 Å². The Bertz CT molecular complexity index is 3390. The molecule has 0 amide bonds. The summed E-state index contributed by atoms with van der Waals surface area (Å²) >= 11 is 3.54. The predicted octanol–water partition coefficient (Wildman–Crippen LogP) is 10.6. The molecule has 14 nitrogen and oxygen atoms in total. The summed E-state index contributed by atoms with van der Waals surface area (Å²) in [5, 5.41) is 0.303. The number of sulfonamides is 2. The second-order valence-electron chi connectivity index (χ2n) is 20.3. The van der Waals surface area contributed by atoms with Gasteiger partial charge in [-0.15, -0.1) is 0 Å². The van der Waals surface area contributed by atoms with E-state index >= 15 is 0 Å². The van der Waals surface area contributed by atoms with Crippen molar-refractivity contribution in [2.24, 2.45) is 0 Å². The molecule has 4 aromatic heterocycles. The number of hydrogen-bond donors (Lipinski definition) is 0. The summed E-state index contributed by atoms with van der Waals surface area (Å²) in [7, 11) is -8.43. The van der Waals surface area contributed by atoms with Crippen LogP contribution in [0.25, 0.3) is 11.4 Å². The molecule has 0 bridgehead atoms. The van der Waals surface area contributed by atoms with Crippen LogP contribution in [0.5, 0.6) is 0 Å². The molecule has 6 aromatic rings. The summed E-state index contributed by atoms with van der Waals surface area (Å²) in [4.78, 5) is 54.4. The molecule has 2 fully saturated rings. The Hall–Kier alpha value is -5.55. The number of carbonyl (C=O) groups is 2. The van der Waals surface area contributed by atoms with Crippen LogP contribution in [0, 0.1) is 25.5 Å². The SMILES string of the molecule is Cc1cnc(-c2cnc(C(F)(F)F)cn2)cc1CCC(=O)[C@@H]1C[C@@H](F)[C@H](C)N1S(=O)(=O)c1ccc(F)cc1.Cc1cnc(Cl)cc1CCC(=O)[C@@H]1C[C@@H](F)[C@H](C)N1S(=O)(=O)c1ccc(F)cc1.[CH3][Sn]([CH3])([CH3])[c]1cnc(C(F)(F)F)cn1. The van der Waals surface area contributed by atoms with E-state index in [9.17, 15) is 70.3 Å². The fourth-order valence-electron chi connectivity index (χ4n) is 8.79. The van der Waals surface area contributed by atoms with Gasteiger partial charge in [0.25, 0.3) is 0 Å². The standard InChI is InChI=1S/C25H23F5N4O3S.C20H21ClF2N2O3S.C5H2F3N2.3CH3.Sn/c1-14-11-31-20(21-12-33-24(13-32-21)25(28,29)30)9-16(14)3-8-23(35)22-10-19(27)15(2)34(22)38(36,37)18-6-4-17(26)5-7-18;1-12-11-24-20(21)9-14(12)3-8-19(26)18-10-17(23)13(2)25(18)29(27,28)16-6-4-15(22)5-7-16;6-5(7,8)4-3-9-1-2-10-4;;;;/h4-7,9,11-13,15,19,22H,3,8,10H2,1-2H3;4-7,9,11,13,17-18H,3,8,10H2,1-2H3;2-3H;3*1H3;/t15-,19+,22-;13-,17+,18-;;;;;/m00...../s1. The van der Waals surface area contributed by atoms with Gasteiger partial charge in [-0.1, -0.05) is 11.6 Å². The van der Waals surface area contributed by atoms with Gasteiger partial charge in [-0.2, -0.15) is 21.8 Å². The van der Waals surface area contributed by atoms with E-state index in [-0.39, 0.29) is 59.1 Å². The van der Waals surface area contributed by atoms with Crippen LogP contribution in [0.1, 0.15) is 73.2 Å². The maximum absolute atomic E-state index is 14.6. The second kappa shape index (κ2) is 25.9. The Morgan fingerprint density at radius 2 is 0.975 bits per heavy atom. The van der Waals surface area contributed by atoms with E-state index in [0.717, 1.165) is 84.4 Å². The quantitative estimate of drug-likeness (QED) is 0.0572. The zero-order valence-corrected chi connectivity index (χ0v) is 49.7. The van der Waals surface area contributed by atoms with E-state index in [4.69, 9.17) is 11.6 Å². The third-order valence-corrected chi connectivity index (χ3v) is 22.8. The molecule has 8 rings (SSSR count). The number of hydrogen-bond acceptors (Lipinski definition) is 12. The fourth-order valence-corrected chi connectivity index (χ4v) is 15.2. The van der Waals surface area contributed by atoms with E-state index in [1.807, 2.05) is 6.92 Å². The van der Waals surface area contributed by atoms with Gasteiger partial charge in [0.15, 0.2) is 17.3 Å². The average molecular weight is 1310 g/mol. The molecule has 0 N–H and O–H groups in total. The average Bonchev–Trinajstić information content (AvgIpc) is 3.91. The zero-order chi connectivity index (χ0) is 60.2. The Morgan fingerprint density at radius 3 is 1.36 bits per heavy atom. The van der Waals surface area contributed by atoms with E-state index in [0.29, 0.717) is 28.9 Å². The Morgan fingerprint density at radius 1 is 0.580 bits per heavy atom. The normalized spacial score (nSPS) is 20.0. The number of aryl methyl sites for hydroxylation is 4. The van der Waals surface area contributed by atoms with Crippen LogP contribution in [-0.4, -0.2) is 122 Å². The Balaban J connectivity index is 0.000000216. The van der Waals surface area contributed by atoms with Gasteiger partial charge in [0.1, 0.15) is 34.8 Å². The van der Waals surface area contributed by atoms with Gasteiger partial charge in [0, 0.05) is 38.1 Å². The van der Waals surface area contributed by atoms with Crippen molar-refractivity contribution in [3.63, 3.8) is 0 Å². The molecule has 2 aliphatic rings. The van der Waals surface area contributed by atoms with Crippen LogP contribution in [-0.2, 0) is 54.8 Å². The van der Waals surface area contributed by atoms with Crippen LogP contribution >= 0.6 is 11.6 Å². The molecule has 6 heterocycles. The summed E-state index contributed by atoms with van der Waals surface area (Å²) in [5.74, 6) is -2.07. The minimum atomic E-state index is -4.63. The Kier molecular flexibility index (Phi) is 20.7. The van der Waals surface area contributed by atoms with Crippen LogP contribution < -0.4 is 3.71 Å². The summed E-state index contributed by atoms with van der Waals surface area (Å²) < 4.78 is 185. The summed E-state index contributed by atoms with van der Waals surface area (Å²) in [5.41, 5.74) is 1.31. The second-order valence-corrected chi connectivity index (χ2v) is 38.7. The number of halogens is 11. The molecule has 2 aromatic carbocycles. The van der Waals surface area contributed by atoms with Crippen molar-refractivity contribution in [3.05, 3.63) is 148 Å². The summed E-state index contributed by atoms with van der Waals surface area (Å²) in [6.45, 7) is 6.38. The number of ketones is 2. The van der Waals surface area contributed by atoms with Gasteiger partial charge < -0.3 is 0 Å². The number of nitrogens with zero attached hydrogens (tertiary/aromatic N) is 8. The number of pyridine rings is 2. The van der Waals surface area contributed by atoms with E-state index in [2.05, 4.69) is 44.7 Å². The first-order valence-electron chi connectivity index (χ1n) is 24.9. The van der Waals surface area contributed by atoms with Gasteiger partial charge in [-0.25, -0.2) is 44.4 Å². The number of Topliss-reactive ketones (excluding diaryl/α,β-unsaturated/α-hetero) is 2. The van der Waals surface area contributed by atoms with Gasteiger partial charge in [0.2, 0.25) is 20.0 Å². The summed E-state index contributed by atoms with van der Waals surface area (Å²) in [6.07, 6.45) is -5.41. The molecule has 2 aliphatic heterocycles. The van der Waals surface area contributed by atoms with Gasteiger partial charge in [-0.3, -0.25) is 19.6 Å². The fraction of sp³-hybridized carbons (Fsp3) is 0.396. The van der Waals surface area contributed by atoms with Gasteiger partial charge >= 0.3 is 90.5 Å². The number of alkyl halides is 8. The van der Waals surface area contributed by atoms with Gasteiger partial charge in [0.05, 0.1) is 52.0 Å². The van der Waals surface area contributed by atoms with Crippen LogP contribution in [0.15, 0.2) is 108 Å². The van der Waals surface area contributed by atoms with E-state index in [1.165, 1.54) is 26.2 Å². The van der Waals surface area contributed by atoms with Crippen molar-refractivity contribution in [1.82, 2.24) is 38.5 Å². The monoisotopic (exact) mass is 1310 g/mol. The minimum absolute atomic E-state index is 0.0424. The molecular formula is C53H55ClF10N8O6S2Sn. The molecule has 28 heteroatoms. The van der Waals surface area contributed by atoms with Crippen LogP contribution in [0.3, 0.4) is 0 Å². The predicted molar refractivity (Wildman–Crippen MR) is 282 cm³/mol. The Labute approximate surface area is 470 Å². The molecule has 0 saturated carbocycles. The molecule has 6 atom stereocenters. The van der Waals surface area contributed by atoms with Gasteiger partial charge in [-0.05, 0) is 123 Å². The molecular weight excluding hydrogens is 1250 g/mol. The zero-order valence-electron chi connectivity index (χ0n) is 44.4. The molecule has 436 valence electrons. The molecule has 0 aliphatic carbocycles. The number of rotatable bonds is 14. The topological polar surface area (TPSA) is 186 Å². The first-order valence-corrected chi connectivity index (χ1v) is 38.1. The first kappa shape index (κ1) is 64.6. The number of benzene rings is 2. The van der Waals surface area contributed by atoms with Crippen molar-refractivity contribution in [3.8, 4) is 11.4 Å². The van der Waals surface area contributed by atoms with Crippen LogP contribution in [0.4, 0.5) is 43.9 Å². The number of carbonyl (C=O) groups excluding carboxylic acids is 2.